The fourth-order valence-electron chi connectivity index (χ4n) is 4.28. The molecule has 2 amide bonds. The van der Waals surface area contributed by atoms with Gasteiger partial charge in [0.05, 0.1) is 32.0 Å². The van der Waals surface area contributed by atoms with Gasteiger partial charge in [0.2, 0.25) is 11.9 Å². The maximum Gasteiger partial charge on any atom is 0.254 e. The van der Waals surface area contributed by atoms with Gasteiger partial charge in [-0.2, -0.15) is 0 Å². The highest BCUT2D eigenvalue weighted by molar-refractivity contribution is 6.03. The summed E-state index contributed by atoms with van der Waals surface area (Å²) < 4.78 is 10.7. The Hall–Kier alpha value is -4.18. The lowest BCUT2D eigenvalue weighted by Crippen LogP contribution is -2.46. The number of hydrogen-bond donors (Lipinski definition) is 3. The molecule has 180 valence electrons. The van der Waals surface area contributed by atoms with Crippen molar-refractivity contribution in [3.8, 4) is 22.8 Å². The van der Waals surface area contributed by atoms with Gasteiger partial charge in [-0.15, -0.1) is 0 Å². The zero-order valence-corrected chi connectivity index (χ0v) is 19.6. The van der Waals surface area contributed by atoms with E-state index in [4.69, 9.17) is 14.5 Å². The number of methoxy groups -OCH3 is 2. The number of piperazine rings is 1. The number of hydrogen-bond acceptors (Lipinski definition) is 8. The number of ether oxygens (including phenoxy) is 2. The maximum absolute atomic E-state index is 13.0. The van der Waals surface area contributed by atoms with E-state index in [-0.39, 0.29) is 18.2 Å². The van der Waals surface area contributed by atoms with Crippen molar-refractivity contribution in [1.82, 2.24) is 20.2 Å². The van der Waals surface area contributed by atoms with Crippen molar-refractivity contribution in [2.75, 3.05) is 51.0 Å². The van der Waals surface area contributed by atoms with Crippen LogP contribution in [0.5, 0.6) is 11.5 Å². The summed E-state index contributed by atoms with van der Waals surface area (Å²) in [5, 5.41) is 9.36. The molecule has 35 heavy (non-hydrogen) atoms. The van der Waals surface area contributed by atoms with Gasteiger partial charge in [0.25, 0.3) is 5.91 Å². The van der Waals surface area contributed by atoms with Gasteiger partial charge < -0.3 is 30.3 Å². The largest absolute Gasteiger partial charge is 0.493 e. The highest BCUT2D eigenvalue weighted by atomic mass is 16.5. The Kier molecular flexibility index (Phi) is 6.19. The molecule has 10 nitrogen and oxygen atoms in total. The number of anilines is 3. The van der Waals surface area contributed by atoms with Gasteiger partial charge in [-0.3, -0.25) is 9.59 Å². The minimum Gasteiger partial charge on any atom is -0.493 e. The minimum absolute atomic E-state index is 0.0495. The number of carbonyl (C=O) groups excluding carboxylic acids is 2. The number of carbonyl (C=O) groups is 2. The quantitative estimate of drug-likeness (QED) is 0.516. The van der Waals surface area contributed by atoms with Crippen molar-refractivity contribution in [2.24, 2.45) is 0 Å². The number of benzene rings is 2. The van der Waals surface area contributed by atoms with Crippen LogP contribution in [0, 0.1) is 0 Å². The fraction of sp³-hybridized carbons (Fsp3) is 0.280. The van der Waals surface area contributed by atoms with Gasteiger partial charge in [-0.25, -0.2) is 9.97 Å². The lowest BCUT2D eigenvalue weighted by atomic mass is 10.0. The van der Waals surface area contributed by atoms with Gasteiger partial charge >= 0.3 is 0 Å². The number of aromatic nitrogens is 2. The first kappa shape index (κ1) is 22.6. The number of fused-ring (bicyclic) bond motifs is 3. The Bertz CT molecular complexity index is 1290. The Morgan fingerprint density at radius 1 is 1.06 bits per heavy atom. The Labute approximate surface area is 202 Å². The SMILES string of the molecule is COc1ccc(Nc2ncc3c(n2)-c2ccc(C(=O)N4CCNCC4)cc2NC(=O)C3)cc1OC. The van der Waals surface area contributed by atoms with Crippen LogP contribution in [-0.2, 0) is 11.2 Å². The van der Waals surface area contributed by atoms with Gasteiger partial charge in [0.15, 0.2) is 11.5 Å². The van der Waals surface area contributed by atoms with E-state index in [0.717, 1.165) is 24.3 Å². The first-order chi connectivity index (χ1) is 17.1. The summed E-state index contributed by atoms with van der Waals surface area (Å²) in [7, 11) is 3.15. The van der Waals surface area contributed by atoms with Crippen molar-refractivity contribution in [2.45, 2.75) is 6.42 Å². The van der Waals surface area contributed by atoms with Crippen molar-refractivity contribution in [3.05, 3.63) is 53.7 Å². The average molecular weight is 475 g/mol. The second-order valence-corrected chi connectivity index (χ2v) is 8.29. The zero-order chi connectivity index (χ0) is 24.4. The van der Waals surface area contributed by atoms with Crippen LogP contribution in [0.4, 0.5) is 17.3 Å². The number of amides is 2. The van der Waals surface area contributed by atoms with Crippen LogP contribution in [0.15, 0.2) is 42.6 Å². The highest BCUT2D eigenvalue weighted by Gasteiger charge is 2.24. The molecule has 0 unspecified atom stereocenters. The Morgan fingerprint density at radius 2 is 1.86 bits per heavy atom. The van der Waals surface area contributed by atoms with Crippen molar-refractivity contribution in [1.29, 1.82) is 0 Å². The van der Waals surface area contributed by atoms with Crippen molar-refractivity contribution in [3.63, 3.8) is 0 Å². The Balaban J connectivity index is 1.47. The monoisotopic (exact) mass is 474 g/mol. The smallest absolute Gasteiger partial charge is 0.254 e. The third kappa shape index (κ3) is 4.60. The van der Waals surface area contributed by atoms with Crippen LogP contribution in [0.2, 0.25) is 0 Å². The maximum atomic E-state index is 13.0. The highest BCUT2D eigenvalue weighted by Crippen LogP contribution is 2.35. The first-order valence-electron chi connectivity index (χ1n) is 11.3. The predicted molar refractivity (Wildman–Crippen MR) is 131 cm³/mol. The lowest BCUT2D eigenvalue weighted by Gasteiger charge is -2.27. The van der Waals surface area contributed by atoms with E-state index in [0.29, 0.717) is 53.0 Å². The van der Waals surface area contributed by atoms with Gasteiger partial charge in [-0.05, 0) is 30.3 Å². The van der Waals surface area contributed by atoms with E-state index in [9.17, 15) is 9.59 Å². The lowest BCUT2D eigenvalue weighted by molar-refractivity contribution is -0.115. The van der Waals surface area contributed by atoms with E-state index in [1.165, 1.54) is 0 Å². The van der Waals surface area contributed by atoms with Gasteiger partial charge in [-0.1, -0.05) is 0 Å². The molecule has 0 aliphatic carbocycles. The van der Waals surface area contributed by atoms with E-state index in [2.05, 4.69) is 20.9 Å². The van der Waals surface area contributed by atoms with E-state index >= 15 is 0 Å². The molecular formula is C25H26N6O4. The minimum atomic E-state index is -0.180. The predicted octanol–water partition coefficient (Wildman–Crippen LogP) is 2.44. The molecule has 1 fully saturated rings. The summed E-state index contributed by atoms with van der Waals surface area (Å²) in [6, 6.07) is 10.8. The van der Waals surface area contributed by atoms with Crippen LogP contribution in [0.1, 0.15) is 15.9 Å². The summed E-state index contributed by atoms with van der Waals surface area (Å²) in [5.74, 6) is 1.34. The number of nitrogens with zero attached hydrogens (tertiary/aromatic N) is 3. The van der Waals surface area contributed by atoms with Crippen molar-refractivity contribution < 1.29 is 19.1 Å². The molecule has 0 bridgehead atoms. The average Bonchev–Trinajstić information content (AvgIpc) is 3.03. The molecule has 2 aliphatic heterocycles. The summed E-state index contributed by atoms with van der Waals surface area (Å²) in [5.41, 5.74) is 3.90. The molecule has 0 saturated carbocycles. The molecule has 1 saturated heterocycles. The standard InChI is InChI=1S/C25H26N6O4/c1-34-20-6-4-17(13-21(20)35-2)28-25-27-14-16-12-22(32)29-19-11-15(3-5-18(19)23(16)30-25)24(33)31-9-7-26-8-10-31/h3-6,11,13-14,26H,7-10,12H2,1-2H3,(H,29,32)(H,27,28,30). The molecule has 3 aromatic rings. The third-order valence-corrected chi connectivity index (χ3v) is 6.06. The van der Waals surface area contributed by atoms with E-state index in [1.54, 1.807) is 44.7 Å². The fourth-order valence-corrected chi connectivity index (χ4v) is 4.28. The topological polar surface area (TPSA) is 118 Å². The molecule has 3 heterocycles. The molecule has 0 atom stereocenters. The summed E-state index contributed by atoms with van der Waals surface area (Å²) in [4.78, 5) is 36.5. The third-order valence-electron chi connectivity index (χ3n) is 6.06. The van der Waals surface area contributed by atoms with E-state index < -0.39 is 0 Å². The second kappa shape index (κ2) is 9.59. The zero-order valence-electron chi connectivity index (χ0n) is 19.6. The number of rotatable bonds is 5. The molecular weight excluding hydrogens is 448 g/mol. The Morgan fingerprint density at radius 3 is 2.63 bits per heavy atom. The second-order valence-electron chi connectivity index (χ2n) is 8.29. The molecule has 2 aromatic carbocycles. The first-order valence-corrected chi connectivity index (χ1v) is 11.3. The molecule has 10 heteroatoms. The van der Waals surface area contributed by atoms with Crippen molar-refractivity contribution >= 4 is 29.1 Å². The molecule has 5 rings (SSSR count). The van der Waals surface area contributed by atoms with Gasteiger partial charge in [0.1, 0.15) is 0 Å². The molecule has 0 spiro atoms. The summed E-state index contributed by atoms with van der Waals surface area (Å²) in [6.07, 6.45) is 1.79. The normalized spacial score (nSPS) is 14.8. The molecule has 0 radical (unpaired) electrons. The summed E-state index contributed by atoms with van der Waals surface area (Å²) >= 11 is 0. The summed E-state index contributed by atoms with van der Waals surface area (Å²) in [6.45, 7) is 2.86. The van der Waals surface area contributed by atoms with Crippen LogP contribution >= 0.6 is 0 Å². The molecule has 3 N–H and O–H groups in total. The molecule has 1 aromatic heterocycles. The van der Waals surface area contributed by atoms with Crippen LogP contribution < -0.4 is 25.4 Å². The van der Waals surface area contributed by atoms with Gasteiger partial charge in [0, 0.05) is 60.8 Å². The van der Waals surface area contributed by atoms with Crippen LogP contribution in [-0.4, -0.2) is 67.1 Å². The van der Waals surface area contributed by atoms with E-state index in [1.807, 2.05) is 17.0 Å². The van der Waals surface area contributed by atoms with Crippen LogP contribution in [0.25, 0.3) is 11.3 Å². The number of nitrogens with one attached hydrogen (secondary N) is 3. The van der Waals surface area contributed by atoms with Crippen LogP contribution in [0.3, 0.4) is 0 Å². The molecule has 2 aliphatic rings.